The van der Waals surface area contributed by atoms with Gasteiger partial charge in [-0.3, -0.25) is 4.79 Å². The number of carbonyl (C=O) groups excluding carboxylic acids is 1. The average molecular weight is 182 g/mol. The number of para-hydroxylation sites is 1. The van der Waals surface area contributed by atoms with Gasteiger partial charge in [-0.05, 0) is 26.0 Å². The minimum absolute atomic E-state index is 0.0301. The van der Waals surface area contributed by atoms with E-state index in [-0.39, 0.29) is 6.10 Å². The number of rotatable bonds is 2. The van der Waals surface area contributed by atoms with Crippen molar-refractivity contribution in [2.24, 2.45) is 0 Å². The van der Waals surface area contributed by atoms with Crippen molar-refractivity contribution in [1.29, 1.82) is 0 Å². The smallest absolute Gasteiger partial charge is 0.293 e. The molecule has 0 saturated heterocycles. The molecule has 0 bridgehead atoms. The van der Waals surface area contributed by atoms with Crippen LogP contribution in [0.1, 0.15) is 13.8 Å². The van der Waals surface area contributed by atoms with E-state index in [1.54, 1.807) is 38.1 Å². The molecule has 72 valence electrons. The molecule has 0 saturated carbocycles. The molecule has 3 heteroatoms. The number of ether oxygens (including phenoxy) is 1. The van der Waals surface area contributed by atoms with E-state index in [0.717, 1.165) is 0 Å². The molecule has 1 N–H and O–H groups in total. The summed E-state index contributed by atoms with van der Waals surface area (Å²) in [5, 5.41) is 8.63. The van der Waals surface area contributed by atoms with Crippen LogP contribution in [0.3, 0.4) is 0 Å². The Balaban J connectivity index is 0.000000226. The summed E-state index contributed by atoms with van der Waals surface area (Å²) in [6.45, 7) is 4.05. The standard InChI is InChI=1S/C6H6O.C4H8O2/c7-6-4-2-1-3-5-6;1-4(2)6-3-5/h1-5,7H;3-4H,1-2H3. The fourth-order valence-electron chi connectivity index (χ4n) is 0.539. The fraction of sp³-hybridized carbons (Fsp3) is 0.300. The molecule has 0 aliphatic carbocycles. The second kappa shape index (κ2) is 7.16. The summed E-state index contributed by atoms with van der Waals surface area (Å²) in [7, 11) is 0. The Morgan fingerprint density at radius 2 is 1.85 bits per heavy atom. The predicted molar refractivity (Wildman–Crippen MR) is 50.4 cm³/mol. The Hall–Kier alpha value is -1.51. The zero-order chi connectivity index (χ0) is 10.1. The van der Waals surface area contributed by atoms with Gasteiger partial charge < -0.3 is 9.84 Å². The lowest BCUT2D eigenvalue weighted by atomic mass is 10.3. The molecule has 0 radical (unpaired) electrons. The number of hydrogen-bond donors (Lipinski definition) is 1. The van der Waals surface area contributed by atoms with Crippen molar-refractivity contribution >= 4 is 6.47 Å². The van der Waals surface area contributed by atoms with Gasteiger partial charge in [-0.15, -0.1) is 0 Å². The molecular weight excluding hydrogens is 168 g/mol. The molecule has 0 fully saturated rings. The normalized spacial score (nSPS) is 8.54. The number of hydrogen-bond acceptors (Lipinski definition) is 3. The Labute approximate surface area is 78.0 Å². The first kappa shape index (κ1) is 11.5. The van der Waals surface area contributed by atoms with Crippen LogP contribution in [0.25, 0.3) is 0 Å². The van der Waals surface area contributed by atoms with Gasteiger partial charge >= 0.3 is 0 Å². The molecule has 0 aromatic heterocycles. The number of phenols is 1. The molecule has 1 aromatic carbocycles. The van der Waals surface area contributed by atoms with Gasteiger partial charge in [0.1, 0.15) is 5.75 Å². The summed E-state index contributed by atoms with van der Waals surface area (Å²) < 4.78 is 4.36. The van der Waals surface area contributed by atoms with Crippen LogP contribution >= 0.6 is 0 Å². The lowest BCUT2D eigenvalue weighted by Gasteiger charge is -1.96. The van der Waals surface area contributed by atoms with Crippen molar-refractivity contribution in [3.05, 3.63) is 30.3 Å². The summed E-state index contributed by atoms with van der Waals surface area (Å²) in [4.78, 5) is 9.39. The van der Waals surface area contributed by atoms with Crippen LogP contribution in [-0.2, 0) is 9.53 Å². The number of phenolic OH excluding ortho intramolecular Hbond substituents is 1. The van der Waals surface area contributed by atoms with Crippen LogP contribution in [0.2, 0.25) is 0 Å². The van der Waals surface area contributed by atoms with Crippen molar-refractivity contribution in [2.75, 3.05) is 0 Å². The third-order valence-corrected chi connectivity index (χ3v) is 1.08. The van der Waals surface area contributed by atoms with Crippen LogP contribution < -0.4 is 0 Å². The third-order valence-electron chi connectivity index (χ3n) is 1.08. The Morgan fingerprint density at radius 1 is 1.31 bits per heavy atom. The molecule has 0 amide bonds. The van der Waals surface area contributed by atoms with Crippen LogP contribution in [0.15, 0.2) is 30.3 Å². The summed E-state index contributed by atoms with van der Waals surface area (Å²) in [5.74, 6) is 0.322. The molecule has 1 rings (SSSR count). The van der Waals surface area contributed by atoms with E-state index in [9.17, 15) is 4.79 Å². The first-order chi connectivity index (χ1) is 6.16. The van der Waals surface area contributed by atoms with Crippen molar-refractivity contribution in [2.45, 2.75) is 20.0 Å². The number of aromatic hydroxyl groups is 1. The van der Waals surface area contributed by atoms with Crippen molar-refractivity contribution in [3.63, 3.8) is 0 Å². The second-order valence-electron chi connectivity index (χ2n) is 2.62. The highest BCUT2D eigenvalue weighted by atomic mass is 16.5. The van der Waals surface area contributed by atoms with E-state index >= 15 is 0 Å². The molecule has 0 unspecified atom stereocenters. The number of benzene rings is 1. The van der Waals surface area contributed by atoms with E-state index in [4.69, 9.17) is 5.11 Å². The van der Waals surface area contributed by atoms with E-state index < -0.39 is 0 Å². The molecule has 0 aliphatic rings. The summed E-state index contributed by atoms with van der Waals surface area (Å²) >= 11 is 0. The SMILES string of the molecule is CC(C)OC=O.Oc1ccccc1. The monoisotopic (exact) mass is 182 g/mol. The van der Waals surface area contributed by atoms with E-state index in [1.807, 2.05) is 6.07 Å². The zero-order valence-electron chi connectivity index (χ0n) is 7.81. The first-order valence-corrected chi connectivity index (χ1v) is 4.00. The minimum atomic E-state index is 0.0301. The largest absolute Gasteiger partial charge is 0.508 e. The predicted octanol–water partition coefficient (Wildman–Crippen LogP) is 1.96. The van der Waals surface area contributed by atoms with Crippen molar-refractivity contribution < 1.29 is 14.6 Å². The van der Waals surface area contributed by atoms with Gasteiger partial charge in [-0.25, -0.2) is 0 Å². The van der Waals surface area contributed by atoms with Crippen LogP contribution in [0.5, 0.6) is 5.75 Å². The molecular formula is C10H14O3. The van der Waals surface area contributed by atoms with E-state index in [0.29, 0.717) is 12.2 Å². The molecule has 3 nitrogen and oxygen atoms in total. The molecule has 0 aliphatic heterocycles. The Morgan fingerprint density at radius 3 is 2.00 bits per heavy atom. The van der Waals surface area contributed by atoms with Gasteiger partial charge in [0.15, 0.2) is 0 Å². The quantitative estimate of drug-likeness (QED) is 0.711. The van der Waals surface area contributed by atoms with Crippen molar-refractivity contribution in [3.8, 4) is 5.75 Å². The van der Waals surface area contributed by atoms with Gasteiger partial charge in [-0.1, -0.05) is 18.2 Å². The topological polar surface area (TPSA) is 46.5 Å². The van der Waals surface area contributed by atoms with Gasteiger partial charge in [0.2, 0.25) is 0 Å². The third kappa shape index (κ3) is 8.40. The Bertz CT molecular complexity index is 219. The summed E-state index contributed by atoms with van der Waals surface area (Å²) in [5.41, 5.74) is 0. The maximum absolute atomic E-state index is 9.39. The highest BCUT2D eigenvalue weighted by molar-refractivity contribution is 5.37. The first-order valence-electron chi connectivity index (χ1n) is 4.00. The minimum Gasteiger partial charge on any atom is -0.508 e. The molecule has 0 heterocycles. The van der Waals surface area contributed by atoms with Crippen LogP contribution in [0, 0.1) is 0 Å². The lowest BCUT2D eigenvalue weighted by molar-refractivity contribution is -0.131. The van der Waals surface area contributed by atoms with Gasteiger partial charge in [0.25, 0.3) is 6.47 Å². The van der Waals surface area contributed by atoms with Crippen LogP contribution in [-0.4, -0.2) is 17.7 Å². The van der Waals surface area contributed by atoms with Gasteiger partial charge in [0.05, 0.1) is 6.10 Å². The fourth-order valence-corrected chi connectivity index (χ4v) is 0.539. The van der Waals surface area contributed by atoms with E-state index in [1.165, 1.54) is 0 Å². The van der Waals surface area contributed by atoms with Gasteiger partial charge in [0, 0.05) is 0 Å². The maximum Gasteiger partial charge on any atom is 0.293 e. The lowest BCUT2D eigenvalue weighted by Crippen LogP contribution is -1.98. The zero-order valence-corrected chi connectivity index (χ0v) is 7.81. The highest BCUT2D eigenvalue weighted by Gasteiger charge is 1.83. The summed E-state index contributed by atoms with van der Waals surface area (Å²) in [6.07, 6.45) is 0.0301. The molecule has 13 heavy (non-hydrogen) atoms. The molecule has 1 aromatic rings. The van der Waals surface area contributed by atoms with Crippen molar-refractivity contribution in [1.82, 2.24) is 0 Å². The highest BCUT2D eigenvalue weighted by Crippen LogP contribution is 2.02. The van der Waals surface area contributed by atoms with Crippen LogP contribution in [0.4, 0.5) is 0 Å². The van der Waals surface area contributed by atoms with E-state index in [2.05, 4.69) is 4.74 Å². The second-order valence-corrected chi connectivity index (χ2v) is 2.62. The maximum atomic E-state index is 9.39. The Kier molecular flexibility index (Phi) is 6.32. The number of carbonyl (C=O) groups is 1. The summed E-state index contributed by atoms with van der Waals surface area (Å²) in [6, 6.07) is 8.71. The molecule has 0 atom stereocenters. The van der Waals surface area contributed by atoms with Gasteiger partial charge in [-0.2, -0.15) is 0 Å². The molecule has 0 spiro atoms. The average Bonchev–Trinajstić information content (AvgIpc) is 2.06.